The Morgan fingerprint density at radius 3 is 2.36 bits per heavy atom. The summed E-state index contributed by atoms with van der Waals surface area (Å²) in [5.74, 6) is -1.26. The number of sulfonamides is 1. The molecule has 0 aliphatic carbocycles. The highest BCUT2D eigenvalue weighted by Gasteiger charge is 2.27. The molecule has 8 heteroatoms. The zero-order valence-corrected chi connectivity index (χ0v) is 14.3. The van der Waals surface area contributed by atoms with E-state index in [1.165, 1.54) is 24.3 Å². The molecule has 2 aromatic carbocycles. The summed E-state index contributed by atoms with van der Waals surface area (Å²) in [6.45, 7) is -0.696. The Hall–Kier alpha value is -1.57. The van der Waals surface area contributed by atoms with E-state index < -0.39 is 22.5 Å². The van der Waals surface area contributed by atoms with Gasteiger partial charge in [0, 0.05) is 9.50 Å². The zero-order valence-electron chi connectivity index (χ0n) is 11.1. The molecule has 0 radical (unpaired) electrons. The third kappa shape index (κ3) is 3.79. The summed E-state index contributed by atoms with van der Waals surface area (Å²) in [4.78, 5) is 11.1. The van der Waals surface area contributed by atoms with E-state index in [0.29, 0.717) is 5.02 Å². The van der Waals surface area contributed by atoms with Crippen molar-refractivity contribution in [2.24, 2.45) is 0 Å². The Labute approximate surface area is 141 Å². The number of hydrogen-bond donors (Lipinski definition) is 1. The van der Waals surface area contributed by atoms with Gasteiger partial charge in [-0.1, -0.05) is 33.6 Å². The van der Waals surface area contributed by atoms with E-state index in [0.717, 1.165) is 8.78 Å². The molecule has 0 spiro atoms. The highest BCUT2D eigenvalue weighted by atomic mass is 79.9. The SMILES string of the molecule is O=C(O)CN(c1cccc(Cl)c1)S(=O)(=O)c1ccc(Br)cc1. The molecule has 5 nitrogen and oxygen atoms in total. The van der Waals surface area contributed by atoms with Gasteiger partial charge in [0.15, 0.2) is 0 Å². The molecule has 0 atom stereocenters. The minimum absolute atomic E-state index is 0.00285. The number of carboxylic acid groups (broad SMARTS) is 1. The van der Waals surface area contributed by atoms with Crippen LogP contribution in [-0.2, 0) is 14.8 Å². The third-order valence-corrected chi connectivity index (χ3v) is 5.33. The van der Waals surface area contributed by atoms with Crippen molar-refractivity contribution >= 4 is 49.2 Å². The van der Waals surface area contributed by atoms with E-state index in [9.17, 15) is 13.2 Å². The van der Waals surface area contributed by atoms with Gasteiger partial charge in [0.2, 0.25) is 0 Å². The molecule has 0 saturated heterocycles. The molecule has 0 aliphatic rings. The van der Waals surface area contributed by atoms with E-state index in [2.05, 4.69) is 15.9 Å². The molecular formula is C14H11BrClNO4S. The van der Waals surface area contributed by atoms with Crippen LogP contribution in [0.3, 0.4) is 0 Å². The first-order chi connectivity index (χ1) is 10.3. The molecule has 2 rings (SSSR count). The molecule has 116 valence electrons. The fraction of sp³-hybridized carbons (Fsp3) is 0.0714. The summed E-state index contributed by atoms with van der Waals surface area (Å²) < 4.78 is 26.9. The van der Waals surface area contributed by atoms with Gasteiger partial charge in [-0.25, -0.2) is 8.42 Å². The van der Waals surface area contributed by atoms with Crippen molar-refractivity contribution in [3.63, 3.8) is 0 Å². The Balaban J connectivity index is 2.53. The number of nitrogens with zero attached hydrogens (tertiary/aromatic N) is 1. The number of hydrogen-bond acceptors (Lipinski definition) is 3. The van der Waals surface area contributed by atoms with Crippen molar-refractivity contribution in [3.05, 3.63) is 58.0 Å². The van der Waals surface area contributed by atoms with Gasteiger partial charge >= 0.3 is 5.97 Å². The van der Waals surface area contributed by atoms with Crippen LogP contribution in [0.2, 0.25) is 5.02 Å². The number of benzene rings is 2. The van der Waals surface area contributed by atoms with E-state index >= 15 is 0 Å². The van der Waals surface area contributed by atoms with Crippen molar-refractivity contribution < 1.29 is 18.3 Å². The quantitative estimate of drug-likeness (QED) is 0.829. The van der Waals surface area contributed by atoms with Crippen molar-refractivity contribution in [2.75, 3.05) is 10.8 Å². The van der Waals surface area contributed by atoms with Crippen LogP contribution < -0.4 is 4.31 Å². The lowest BCUT2D eigenvalue weighted by atomic mass is 10.3. The smallest absolute Gasteiger partial charge is 0.324 e. The van der Waals surface area contributed by atoms with Gasteiger partial charge in [0.05, 0.1) is 10.6 Å². The van der Waals surface area contributed by atoms with Gasteiger partial charge in [0.25, 0.3) is 10.0 Å². The van der Waals surface area contributed by atoms with Crippen LogP contribution >= 0.6 is 27.5 Å². The average molecular weight is 405 g/mol. The Kier molecular flexibility index (Phi) is 5.10. The number of aliphatic carboxylic acids is 1. The number of halogens is 2. The predicted molar refractivity (Wildman–Crippen MR) is 87.8 cm³/mol. The molecule has 0 bridgehead atoms. The molecule has 0 unspecified atom stereocenters. The first kappa shape index (κ1) is 16.8. The summed E-state index contributed by atoms with van der Waals surface area (Å²) in [7, 11) is -4.01. The van der Waals surface area contributed by atoms with Gasteiger partial charge in [0.1, 0.15) is 6.54 Å². The summed E-state index contributed by atoms with van der Waals surface area (Å²) >= 11 is 9.09. The van der Waals surface area contributed by atoms with Crippen LogP contribution in [0, 0.1) is 0 Å². The van der Waals surface area contributed by atoms with Crippen molar-refractivity contribution in [1.82, 2.24) is 0 Å². The molecule has 22 heavy (non-hydrogen) atoms. The summed E-state index contributed by atoms with van der Waals surface area (Å²) in [5, 5.41) is 9.34. The van der Waals surface area contributed by atoms with Crippen LogP contribution in [0.15, 0.2) is 57.9 Å². The lowest BCUT2D eigenvalue weighted by molar-refractivity contribution is -0.135. The van der Waals surface area contributed by atoms with Crippen molar-refractivity contribution in [3.8, 4) is 0 Å². The fourth-order valence-corrected chi connectivity index (χ4v) is 3.66. The van der Waals surface area contributed by atoms with E-state index in [4.69, 9.17) is 16.7 Å². The van der Waals surface area contributed by atoms with Gasteiger partial charge in [-0.05, 0) is 42.5 Å². The van der Waals surface area contributed by atoms with Crippen LogP contribution in [0.5, 0.6) is 0 Å². The lowest BCUT2D eigenvalue weighted by Gasteiger charge is -2.23. The van der Waals surface area contributed by atoms with E-state index in [-0.39, 0.29) is 10.6 Å². The largest absolute Gasteiger partial charge is 0.480 e. The monoisotopic (exact) mass is 403 g/mol. The van der Waals surface area contributed by atoms with Gasteiger partial charge in [-0.2, -0.15) is 0 Å². The maximum atomic E-state index is 12.7. The summed E-state index contributed by atoms with van der Waals surface area (Å²) in [6, 6.07) is 12.0. The highest BCUT2D eigenvalue weighted by Crippen LogP contribution is 2.26. The number of anilines is 1. The second kappa shape index (κ2) is 6.68. The molecule has 0 fully saturated rings. The molecule has 1 N–H and O–H groups in total. The van der Waals surface area contributed by atoms with Crippen LogP contribution in [-0.4, -0.2) is 26.0 Å². The number of rotatable bonds is 5. The van der Waals surface area contributed by atoms with E-state index in [1.54, 1.807) is 24.3 Å². The second-order valence-electron chi connectivity index (χ2n) is 4.34. The summed E-state index contributed by atoms with van der Waals surface area (Å²) in [6.07, 6.45) is 0. The zero-order chi connectivity index (χ0) is 16.3. The fourth-order valence-electron chi connectivity index (χ4n) is 1.80. The molecule has 0 amide bonds. The van der Waals surface area contributed by atoms with Gasteiger partial charge in [-0.3, -0.25) is 9.10 Å². The first-order valence-corrected chi connectivity index (χ1v) is 8.67. The predicted octanol–water partition coefficient (Wildman–Crippen LogP) is 3.38. The molecule has 0 heterocycles. The topological polar surface area (TPSA) is 74.7 Å². The molecular weight excluding hydrogens is 394 g/mol. The number of carboxylic acids is 1. The molecule has 0 aliphatic heterocycles. The van der Waals surface area contributed by atoms with E-state index in [1.807, 2.05) is 0 Å². The average Bonchev–Trinajstić information content (AvgIpc) is 2.45. The Bertz CT molecular complexity index is 793. The standard InChI is InChI=1S/C14H11BrClNO4S/c15-10-4-6-13(7-5-10)22(20,21)17(9-14(18)19)12-3-1-2-11(16)8-12/h1-8H,9H2,(H,18,19). The Morgan fingerprint density at radius 1 is 1.18 bits per heavy atom. The van der Waals surface area contributed by atoms with Crippen molar-refractivity contribution in [2.45, 2.75) is 4.90 Å². The van der Waals surface area contributed by atoms with Gasteiger partial charge < -0.3 is 5.11 Å². The molecule has 0 saturated carbocycles. The Morgan fingerprint density at radius 2 is 1.82 bits per heavy atom. The second-order valence-corrected chi connectivity index (χ2v) is 7.55. The highest BCUT2D eigenvalue weighted by molar-refractivity contribution is 9.10. The lowest BCUT2D eigenvalue weighted by Crippen LogP contribution is -2.35. The van der Waals surface area contributed by atoms with Crippen LogP contribution in [0.25, 0.3) is 0 Å². The number of carbonyl (C=O) groups is 1. The minimum Gasteiger partial charge on any atom is -0.480 e. The van der Waals surface area contributed by atoms with Crippen LogP contribution in [0.1, 0.15) is 0 Å². The molecule has 2 aromatic rings. The minimum atomic E-state index is -4.01. The first-order valence-electron chi connectivity index (χ1n) is 6.06. The van der Waals surface area contributed by atoms with Crippen molar-refractivity contribution in [1.29, 1.82) is 0 Å². The normalized spacial score (nSPS) is 11.2. The van der Waals surface area contributed by atoms with Gasteiger partial charge in [-0.15, -0.1) is 0 Å². The third-order valence-electron chi connectivity index (χ3n) is 2.78. The summed E-state index contributed by atoms with van der Waals surface area (Å²) in [5.41, 5.74) is 0.192. The maximum Gasteiger partial charge on any atom is 0.324 e. The van der Waals surface area contributed by atoms with Crippen LogP contribution in [0.4, 0.5) is 5.69 Å². The molecule has 0 aromatic heterocycles. The maximum absolute atomic E-state index is 12.7.